The molecule has 0 heterocycles. The first-order chi connectivity index (χ1) is 8.33. The topological polar surface area (TPSA) is 12.0 Å². The molecular weight excluding hydrogens is 206 g/mol. The first-order valence-corrected chi connectivity index (χ1v) is 7.16. The highest BCUT2D eigenvalue weighted by Gasteiger charge is 2.25. The molecule has 1 N–H and O–H groups in total. The fourth-order valence-electron chi connectivity index (χ4n) is 3.53. The van der Waals surface area contributed by atoms with Crippen molar-refractivity contribution in [2.45, 2.75) is 59.3 Å². The summed E-state index contributed by atoms with van der Waals surface area (Å²) in [6, 6.07) is 0. The van der Waals surface area contributed by atoms with Crippen LogP contribution < -0.4 is 5.32 Å². The molecule has 1 aromatic carbocycles. The maximum absolute atomic E-state index is 3.45. The lowest BCUT2D eigenvalue weighted by atomic mass is 9.93. The van der Waals surface area contributed by atoms with E-state index < -0.39 is 0 Å². The summed E-state index contributed by atoms with van der Waals surface area (Å²) < 4.78 is 0. The molecule has 1 heteroatoms. The Morgan fingerprint density at radius 2 is 1.18 bits per heavy atom. The molecule has 0 unspecified atom stereocenters. The molecule has 0 saturated heterocycles. The molecule has 3 rings (SSSR count). The smallest absolute Gasteiger partial charge is 0.0408 e. The van der Waals surface area contributed by atoms with Gasteiger partial charge >= 0.3 is 0 Å². The second-order valence-corrected chi connectivity index (χ2v) is 4.87. The van der Waals surface area contributed by atoms with E-state index in [9.17, 15) is 0 Å². The van der Waals surface area contributed by atoms with Crippen molar-refractivity contribution in [3.63, 3.8) is 0 Å². The highest BCUT2D eigenvalue weighted by molar-refractivity contribution is 5.68. The Bertz CT molecular complexity index is 383. The van der Waals surface area contributed by atoms with E-state index in [4.69, 9.17) is 0 Å². The number of anilines is 1. The molecule has 0 radical (unpaired) electrons. The van der Waals surface area contributed by atoms with Gasteiger partial charge in [-0.3, -0.25) is 0 Å². The lowest BCUT2D eigenvalue weighted by Crippen LogP contribution is -2.03. The summed E-state index contributed by atoms with van der Waals surface area (Å²) >= 11 is 0. The second kappa shape index (κ2) is 5.12. The maximum atomic E-state index is 3.45. The quantitative estimate of drug-likeness (QED) is 0.769. The summed E-state index contributed by atoms with van der Waals surface area (Å²) in [5.41, 5.74) is 9.71. The van der Waals surface area contributed by atoms with Crippen molar-refractivity contribution >= 4 is 5.69 Å². The van der Waals surface area contributed by atoms with Gasteiger partial charge in [0, 0.05) is 12.7 Å². The van der Waals surface area contributed by atoms with Crippen LogP contribution in [0.5, 0.6) is 0 Å². The standard InChI is InChI=1S/C14H19N.C2H6/c1-9-10-5-3-7-12(10)14(15-2)13-8-4-6-11(9)13;1-2/h15H,3-8H2,1-2H3;1-2H3. The zero-order chi connectivity index (χ0) is 12.4. The highest BCUT2D eigenvalue weighted by Crippen LogP contribution is 2.40. The van der Waals surface area contributed by atoms with Gasteiger partial charge in [0.25, 0.3) is 0 Å². The van der Waals surface area contributed by atoms with E-state index in [0.717, 1.165) is 0 Å². The third-order valence-corrected chi connectivity index (χ3v) is 4.19. The Balaban J connectivity index is 0.000000514. The van der Waals surface area contributed by atoms with E-state index in [1.807, 2.05) is 13.8 Å². The largest absolute Gasteiger partial charge is 0.388 e. The summed E-state index contributed by atoms with van der Waals surface area (Å²) in [4.78, 5) is 0. The van der Waals surface area contributed by atoms with Gasteiger partial charge in [-0.1, -0.05) is 13.8 Å². The van der Waals surface area contributed by atoms with Crippen LogP contribution in [0.15, 0.2) is 0 Å². The van der Waals surface area contributed by atoms with Gasteiger partial charge in [0.1, 0.15) is 0 Å². The Labute approximate surface area is 106 Å². The van der Waals surface area contributed by atoms with Crippen LogP contribution in [0.4, 0.5) is 5.69 Å². The minimum Gasteiger partial charge on any atom is -0.388 e. The predicted molar refractivity (Wildman–Crippen MR) is 76.1 cm³/mol. The monoisotopic (exact) mass is 231 g/mol. The SMILES string of the molecule is CC.CNc1c2c(c(C)c3c1CCC3)CCC2. The molecular formula is C16H25N. The summed E-state index contributed by atoms with van der Waals surface area (Å²) in [5.74, 6) is 0. The van der Waals surface area contributed by atoms with E-state index in [1.165, 1.54) is 44.2 Å². The van der Waals surface area contributed by atoms with Gasteiger partial charge < -0.3 is 5.32 Å². The fraction of sp³-hybridized carbons (Fsp3) is 0.625. The van der Waals surface area contributed by atoms with Crippen LogP contribution >= 0.6 is 0 Å². The molecule has 2 aliphatic rings. The Hall–Kier alpha value is -0.980. The van der Waals surface area contributed by atoms with Gasteiger partial charge in [-0.25, -0.2) is 0 Å². The van der Waals surface area contributed by atoms with Gasteiger partial charge in [-0.15, -0.1) is 0 Å². The van der Waals surface area contributed by atoms with Crippen molar-refractivity contribution in [2.75, 3.05) is 12.4 Å². The molecule has 0 atom stereocenters. The zero-order valence-electron chi connectivity index (χ0n) is 11.7. The van der Waals surface area contributed by atoms with E-state index in [-0.39, 0.29) is 0 Å². The normalized spacial score (nSPS) is 16.0. The van der Waals surface area contributed by atoms with Crippen LogP contribution in [0, 0.1) is 6.92 Å². The van der Waals surface area contributed by atoms with Crippen molar-refractivity contribution < 1.29 is 0 Å². The molecule has 2 aliphatic carbocycles. The predicted octanol–water partition coefficient (Wildman–Crippen LogP) is 4.04. The second-order valence-electron chi connectivity index (χ2n) is 4.87. The molecule has 94 valence electrons. The minimum atomic E-state index is 1.29. The average molecular weight is 231 g/mol. The molecule has 1 aromatic rings. The third-order valence-electron chi connectivity index (χ3n) is 4.19. The Morgan fingerprint density at radius 1 is 0.765 bits per heavy atom. The van der Waals surface area contributed by atoms with Crippen LogP contribution in [0.1, 0.15) is 54.5 Å². The fourth-order valence-corrected chi connectivity index (χ4v) is 3.53. The van der Waals surface area contributed by atoms with Crippen LogP contribution in [-0.2, 0) is 25.7 Å². The molecule has 0 bridgehead atoms. The molecule has 0 saturated carbocycles. The summed E-state index contributed by atoms with van der Waals surface area (Å²) in [7, 11) is 2.09. The number of nitrogens with one attached hydrogen (secondary N) is 1. The van der Waals surface area contributed by atoms with Gasteiger partial charge in [0.15, 0.2) is 0 Å². The summed E-state index contributed by atoms with van der Waals surface area (Å²) in [5, 5.41) is 3.45. The van der Waals surface area contributed by atoms with Gasteiger partial charge in [0.2, 0.25) is 0 Å². The third kappa shape index (κ3) is 1.86. The van der Waals surface area contributed by atoms with E-state index in [0.29, 0.717) is 0 Å². The minimum absolute atomic E-state index is 1.29. The molecule has 0 aromatic heterocycles. The molecule has 0 spiro atoms. The zero-order valence-corrected chi connectivity index (χ0v) is 11.7. The summed E-state index contributed by atoms with van der Waals surface area (Å²) in [6.07, 6.45) is 7.91. The van der Waals surface area contributed by atoms with Gasteiger partial charge in [-0.2, -0.15) is 0 Å². The Kier molecular flexibility index (Phi) is 3.76. The number of hydrogen-bond acceptors (Lipinski definition) is 1. The van der Waals surface area contributed by atoms with Crippen molar-refractivity contribution in [3.8, 4) is 0 Å². The number of rotatable bonds is 1. The first kappa shape index (κ1) is 12.5. The van der Waals surface area contributed by atoms with Gasteiger partial charge in [-0.05, 0) is 73.3 Å². The molecule has 0 amide bonds. The molecule has 0 aliphatic heterocycles. The maximum Gasteiger partial charge on any atom is 0.0408 e. The number of benzene rings is 1. The average Bonchev–Trinajstić information content (AvgIpc) is 3.00. The van der Waals surface area contributed by atoms with Crippen molar-refractivity contribution in [1.29, 1.82) is 0 Å². The van der Waals surface area contributed by atoms with Crippen LogP contribution in [0.25, 0.3) is 0 Å². The van der Waals surface area contributed by atoms with Gasteiger partial charge in [0.05, 0.1) is 0 Å². The van der Waals surface area contributed by atoms with Crippen molar-refractivity contribution in [1.82, 2.24) is 0 Å². The first-order valence-electron chi connectivity index (χ1n) is 7.16. The van der Waals surface area contributed by atoms with E-state index in [2.05, 4.69) is 19.3 Å². The van der Waals surface area contributed by atoms with Crippen LogP contribution in [-0.4, -0.2) is 7.05 Å². The summed E-state index contributed by atoms with van der Waals surface area (Å²) in [6.45, 7) is 6.34. The van der Waals surface area contributed by atoms with Crippen LogP contribution in [0.2, 0.25) is 0 Å². The van der Waals surface area contributed by atoms with E-state index >= 15 is 0 Å². The van der Waals surface area contributed by atoms with Crippen LogP contribution in [0.3, 0.4) is 0 Å². The Morgan fingerprint density at radius 3 is 1.59 bits per heavy atom. The molecule has 17 heavy (non-hydrogen) atoms. The lowest BCUT2D eigenvalue weighted by molar-refractivity contribution is 0.893. The van der Waals surface area contributed by atoms with E-state index in [1.54, 1.807) is 27.8 Å². The highest BCUT2D eigenvalue weighted by atomic mass is 14.8. The van der Waals surface area contributed by atoms with Crippen molar-refractivity contribution in [2.24, 2.45) is 0 Å². The van der Waals surface area contributed by atoms with Crippen molar-refractivity contribution in [3.05, 3.63) is 27.8 Å². The number of fused-ring (bicyclic) bond motifs is 2. The lowest BCUT2D eigenvalue weighted by Gasteiger charge is -2.17. The molecule has 0 fully saturated rings. The molecule has 1 nitrogen and oxygen atoms in total. The number of hydrogen-bond donors (Lipinski definition) is 1.